The molecule has 14 heteroatoms. The van der Waals surface area contributed by atoms with E-state index in [1.165, 1.54) is 0 Å². The number of hydrogen-bond donors (Lipinski definition) is 3. The number of pyridine rings is 1. The highest BCUT2D eigenvalue weighted by molar-refractivity contribution is 6.31. The lowest BCUT2D eigenvalue weighted by Crippen LogP contribution is -2.21. The summed E-state index contributed by atoms with van der Waals surface area (Å²) in [5.74, 6) is -4.75. The standard InChI is InChI=1S/C12H8ClN3.2C2HF3O2/c13-8-4-5-9-11(7-8)16-12(15-9)10-3-1-2-6-14-10;2*3-2(4,5)1(6)7/h1-7H,(H,15,16);2*(H,6,7). The number of nitrogens with zero attached hydrogens (tertiary/aromatic N) is 2. The molecule has 0 saturated carbocycles. The van der Waals surface area contributed by atoms with Crippen LogP contribution in [0.15, 0.2) is 42.6 Å². The van der Waals surface area contributed by atoms with Crippen LogP contribution in [-0.4, -0.2) is 49.5 Å². The second kappa shape index (κ2) is 9.91. The average molecular weight is 458 g/mol. The number of carbonyl (C=O) groups is 2. The van der Waals surface area contributed by atoms with Gasteiger partial charge in [0.1, 0.15) is 5.69 Å². The molecule has 0 aliphatic carbocycles. The van der Waals surface area contributed by atoms with Gasteiger partial charge in [-0.05, 0) is 30.3 Å². The van der Waals surface area contributed by atoms with Crippen LogP contribution in [-0.2, 0) is 9.59 Å². The fraction of sp³-hybridized carbons (Fsp3) is 0.125. The fourth-order valence-electron chi connectivity index (χ4n) is 1.61. The van der Waals surface area contributed by atoms with E-state index in [1.807, 2.05) is 36.4 Å². The van der Waals surface area contributed by atoms with E-state index in [4.69, 9.17) is 31.4 Å². The maximum Gasteiger partial charge on any atom is 0.490 e. The second-order valence-electron chi connectivity index (χ2n) is 5.07. The van der Waals surface area contributed by atoms with Crippen LogP contribution in [0.5, 0.6) is 0 Å². The number of benzene rings is 1. The van der Waals surface area contributed by atoms with Crippen LogP contribution < -0.4 is 0 Å². The molecule has 30 heavy (non-hydrogen) atoms. The number of halogens is 7. The molecule has 7 nitrogen and oxygen atoms in total. The Labute approximate surface area is 167 Å². The SMILES string of the molecule is Clc1ccc2nc(-c3ccccn3)[nH]c2c1.O=C(O)C(F)(F)F.O=C(O)C(F)(F)F. The van der Waals surface area contributed by atoms with Crippen molar-refractivity contribution in [2.75, 3.05) is 0 Å². The number of aliphatic carboxylic acids is 2. The Morgan fingerprint density at radius 2 is 1.47 bits per heavy atom. The third-order valence-corrected chi connectivity index (χ3v) is 3.07. The first kappa shape index (κ1) is 24.7. The number of imidazole rings is 1. The van der Waals surface area contributed by atoms with Gasteiger partial charge in [0.25, 0.3) is 0 Å². The smallest absolute Gasteiger partial charge is 0.475 e. The Hall–Kier alpha value is -3.35. The number of fused-ring (bicyclic) bond motifs is 1. The lowest BCUT2D eigenvalue weighted by molar-refractivity contribution is -0.193. The van der Waals surface area contributed by atoms with Gasteiger partial charge in [-0.15, -0.1) is 0 Å². The molecule has 3 rings (SSSR count). The maximum atomic E-state index is 10.6. The molecule has 0 radical (unpaired) electrons. The van der Waals surface area contributed by atoms with Crippen molar-refractivity contribution in [1.29, 1.82) is 0 Å². The summed E-state index contributed by atoms with van der Waals surface area (Å²) < 4.78 is 63.5. The molecule has 0 atom stereocenters. The Bertz CT molecular complexity index is 982. The van der Waals surface area contributed by atoms with Crippen LogP contribution in [0.4, 0.5) is 26.3 Å². The van der Waals surface area contributed by atoms with Crippen molar-refractivity contribution in [3.05, 3.63) is 47.6 Å². The summed E-state index contributed by atoms with van der Waals surface area (Å²) in [5.41, 5.74) is 2.65. The van der Waals surface area contributed by atoms with Gasteiger partial charge in [0.2, 0.25) is 0 Å². The molecule has 2 heterocycles. The van der Waals surface area contributed by atoms with E-state index in [-0.39, 0.29) is 0 Å². The number of aromatic nitrogens is 3. The Morgan fingerprint density at radius 3 is 1.90 bits per heavy atom. The monoisotopic (exact) mass is 457 g/mol. The molecule has 0 aliphatic rings. The van der Waals surface area contributed by atoms with E-state index < -0.39 is 24.3 Å². The third kappa shape index (κ3) is 7.95. The van der Waals surface area contributed by atoms with Crippen molar-refractivity contribution < 1.29 is 46.1 Å². The summed E-state index contributed by atoms with van der Waals surface area (Å²) >= 11 is 5.91. The zero-order chi connectivity index (χ0) is 23.1. The molecular formula is C16H10ClF6N3O4. The zero-order valence-electron chi connectivity index (χ0n) is 14.3. The molecular weight excluding hydrogens is 448 g/mol. The highest BCUT2D eigenvalue weighted by Gasteiger charge is 2.38. The van der Waals surface area contributed by atoms with Crippen LogP contribution in [0.1, 0.15) is 0 Å². The molecule has 2 aromatic heterocycles. The van der Waals surface area contributed by atoms with Crippen LogP contribution in [0.25, 0.3) is 22.6 Å². The number of nitrogens with one attached hydrogen (secondary N) is 1. The molecule has 0 saturated heterocycles. The average Bonchev–Trinajstić information content (AvgIpc) is 3.05. The number of H-pyrrole nitrogens is 1. The molecule has 1 aromatic carbocycles. The first-order valence-corrected chi connectivity index (χ1v) is 7.76. The lowest BCUT2D eigenvalue weighted by Gasteiger charge is -1.93. The molecule has 0 aliphatic heterocycles. The Balaban J connectivity index is 0.000000271. The quantitative estimate of drug-likeness (QED) is 0.462. The van der Waals surface area contributed by atoms with Crippen LogP contribution in [0.2, 0.25) is 5.02 Å². The lowest BCUT2D eigenvalue weighted by atomic mass is 10.3. The summed E-state index contributed by atoms with van der Waals surface area (Å²) in [6.07, 6.45) is -8.42. The first-order valence-electron chi connectivity index (χ1n) is 7.38. The Morgan fingerprint density at radius 1 is 0.933 bits per heavy atom. The molecule has 0 spiro atoms. The molecule has 0 fully saturated rings. The molecule has 0 bridgehead atoms. The zero-order valence-corrected chi connectivity index (χ0v) is 15.0. The molecule has 0 unspecified atom stereocenters. The van der Waals surface area contributed by atoms with Gasteiger partial charge in [-0.1, -0.05) is 17.7 Å². The number of carboxylic acid groups (broad SMARTS) is 2. The van der Waals surface area contributed by atoms with E-state index in [0.29, 0.717) is 5.02 Å². The van der Waals surface area contributed by atoms with E-state index in [0.717, 1.165) is 22.6 Å². The Kier molecular flexibility index (Phi) is 8.16. The minimum atomic E-state index is -5.08. The van der Waals surface area contributed by atoms with Crippen molar-refractivity contribution in [2.24, 2.45) is 0 Å². The topological polar surface area (TPSA) is 116 Å². The van der Waals surface area contributed by atoms with Crippen LogP contribution in [0, 0.1) is 0 Å². The van der Waals surface area contributed by atoms with Gasteiger partial charge in [-0.2, -0.15) is 26.3 Å². The van der Waals surface area contributed by atoms with Gasteiger partial charge in [-0.25, -0.2) is 14.6 Å². The minimum Gasteiger partial charge on any atom is -0.475 e. The number of hydrogen-bond acceptors (Lipinski definition) is 4. The fourth-order valence-corrected chi connectivity index (χ4v) is 1.78. The third-order valence-electron chi connectivity index (χ3n) is 2.84. The minimum absolute atomic E-state index is 0.698. The van der Waals surface area contributed by atoms with Crippen LogP contribution in [0.3, 0.4) is 0 Å². The first-order chi connectivity index (χ1) is 13.7. The number of carboxylic acids is 2. The highest BCUT2D eigenvalue weighted by atomic mass is 35.5. The number of rotatable bonds is 1. The molecule has 162 valence electrons. The number of alkyl halides is 6. The maximum absolute atomic E-state index is 10.6. The van der Waals surface area contributed by atoms with Gasteiger partial charge < -0.3 is 15.2 Å². The van der Waals surface area contributed by atoms with E-state index >= 15 is 0 Å². The van der Waals surface area contributed by atoms with E-state index in [1.54, 1.807) is 6.20 Å². The van der Waals surface area contributed by atoms with Gasteiger partial charge in [-0.3, -0.25) is 4.98 Å². The predicted octanol–water partition coefficient (Wildman–Crippen LogP) is 4.54. The van der Waals surface area contributed by atoms with Crippen molar-refractivity contribution >= 4 is 34.6 Å². The van der Waals surface area contributed by atoms with Gasteiger partial charge in [0, 0.05) is 11.2 Å². The van der Waals surface area contributed by atoms with Gasteiger partial charge in [0.05, 0.1) is 11.0 Å². The van der Waals surface area contributed by atoms with Crippen molar-refractivity contribution in [2.45, 2.75) is 12.4 Å². The van der Waals surface area contributed by atoms with Crippen molar-refractivity contribution in [3.8, 4) is 11.5 Å². The normalized spacial score (nSPS) is 11.0. The summed E-state index contributed by atoms with van der Waals surface area (Å²) in [6.45, 7) is 0. The van der Waals surface area contributed by atoms with Gasteiger partial charge >= 0.3 is 24.3 Å². The summed E-state index contributed by atoms with van der Waals surface area (Å²) in [4.78, 5) is 29.7. The van der Waals surface area contributed by atoms with E-state index in [2.05, 4.69) is 15.0 Å². The van der Waals surface area contributed by atoms with Crippen LogP contribution >= 0.6 is 11.6 Å². The van der Waals surface area contributed by atoms with Crippen molar-refractivity contribution in [3.63, 3.8) is 0 Å². The number of aromatic amines is 1. The molecule has 3 N–H and O–H groups in total. The second-order valence-corrected chi connectivity index (χ2v) is 5.50. The largest absolute Gasteiger partial charge is 0.490 e. The highest BCUT2D eigenvalue weighted by Crippen LogP contribution is 2.21. The summed E-state index contributed by atoms with van der Waals surface area (Å²) in [5, 5.41) is 14.9. The van der Waals surface area contributed by atoms with Gasteiger partial charge in [0.15, 0.2) is 5.82 Å². The van der Waals surface area contributed by atoms with Crippen molar-refractivity contribution in [1.82, 2.24) is 15.0 Å². The summed E-state index contributed by atoms with van der Waals surface area (Å²) in [7, 11) is 0. The molecule has 3 aromatic rings. The predicted molar refractivity (Wildman–Crippen MR) is 91.7 cm³/mol. The van der Waals surface area contributed by atoms with E-state index in [9.17, 15) is 26.3 Å². The molecule has 0 amide bonds. The summed E-state index contributed by atoms with van der Waals surface area (Å²) in [6, 6.07) is 11.3.